The number of hydrogen-bond donors (Lipinski definition) is 1. The summed E-state index contributed by atoms with van der Waals surface area (Å²) >= 11 is 1.65. The number of rotatable bonds is 3. The quantitative estimate of drug-likeness (QED) is 0.587. The highest BCUT2D eigenvalue weighted by Crippen LogP contribution is 2.39. The molecule has 0 spiro atoms. The van der Waals surface area contributed by atoms with Crippen LogP contribution in [-0.2, 0) is 6.54 Å². The van der Waals surface area contributed by atoms with Crippen LogP contribution >= 0.6 is 11.8 Å². The van der Waals surface area contributed by atoms with Gasteiger partial charge in [-0.3, -0.25) is 0 Å². The first kappa shape index (κ1) is 8.97. The molecular formula is C9H13N3S. The molecule has 1 saturated carbocycles. The molecule has 1 aromatic rings. The van der Waals surface area contributed by atoms with Gasteiger partial charge in [0.25, 0.3) is 0 Å². The molecule has 0 bridgehead atoms. The highest BCUT2D eigenvalue weighted by atomic mass is 32.2. The van der Waals surface area contributed by atoms with Gasteiger partial charge < -0.3 is 5.73 Å². The van der Waals surface area contributed by atoms with Crippen LogP contribution in [0.3, 0.4) is 0 Å². The zero-order valence-electron chi connectivity index (χ0n) is 7.66. The average Bonchev–Trinajstić information content (AvgIpc) is 3.00. The molecule has 1 aliphatic rings. The van der Waals surface area contributed by atoms with Crippen LogP contribution in [0, 0.1) is 0 Å². The SMILES string of the molecule is CSc1cc(C2CC2)nc(CN)n1. The van der Waals surface area contributed by atoms with Crippen LogP contribution < -0.4 is 5.73 Å². The third kappa shape index (κ3) is 2.00. The summed E-state index contributed by atoms with van der Waals surface area (Å²) in [6.45, 7) is 0.439. The van der Waals surface area contributed by atoms with Gasteiger partial charge in [-0.2, -0.15) is 0 Å². The van der Waals surface area contributed by atoms with Gasteiger partial charge in [0.15, 0.2) is 0 Å². The van der Waals surface area contributed by atoms with Crippen molar-refractivity contribution in [2.24, 2.45) is 5.73 Å². The van der Waals surface area contributed by atoms with Crippen LogP contribution in [0.1, 0.15) is 30.3 Å². The first-order valence-electron chi connectivity index (χ1n) is 4.45. The number of hydrogen-bond acceptors (Lipinski definition) is 4. The monoisotopic (exact) mass is 195 g/mol. The Morgan fingerprint density at radius 3 is 2.85 bits per heavy atom. The van der Waals surface area contributed by atoms with Crippen molar-refractivity contribution >= 4 is 11.8 Å². The number of nitrogens with zero attached hydrogens (tertiary/aromatic N) is 2. The van der Waals surface area contributed by atoms with E-state index in [1.165, 1.54) is 18.5 Å². The predicted molar refractivity (Wildman–Crippen MR) is 53.7 cm³/mol. The normalized spacial score (nSPS) is 16.2. The summed E-state index contributed by atoms with van der Waals surface area (Å²) in [6, 6.07) is 2.08. The largest absolute Gasteiger partial charge is 0.324 e. The Morgan fingerprint density at radius 1 is 1.54 bits per heavy atom. The minimum Gasteiger partial charge on any atom is -0.324 e. The van der Waals surface area contributed by atoms with Gasteiger partial charge in [0.05, 0.1) is 11.6 Å². The summed E-state index contributed by atoms with van der Waals surface area (Å²) in [6.07, 6.45) is 4.57. The van der Waals surface area contributed by atoms with Crippen molar-refractivity contribution in [2.45, 2.75) is 30.3 Å². The molecule has 1 aliphatic carbocycles. The molecule has 2 N–H and O–H groups in total. The molecule has 0 amide bonds. The summed E-state index contributed by atoms with van der Waals surface area (Å²) in [5, 5.41) is 1.04. The van der Waals surface area contributed by atoms with Gasteiger partial charge in [0, 0.05) is 11.6 Å². The van der Waals surface area contributed by atoms with Gasteiger partial charge in [-0.15, -0.1) is 11.8 Å². The van der Waals surface area contributed by atoms with Crippen molar-refractivity contribution in [1.82, 2.24) is 9.97 Å². The first-order chi connectivity index (χ1) is 6.33. The Kier molecular flexibility index (Phi) is 2.51. The fraction of sp³-hybridized carbons (Fsp3) is 0.556. The van der Waals surface area contributed by atoms with E-state index in [1.54, 1.807) is 11.8 Å². The van der Waals surface area contributed by atoms with Crippen molar-refractivity contribution < 1.29 is 0 Å². The Labute approximate surface area is 82.2 Å². The third-order valence-corrected chi connectivity index (χ3v) is 2.78. The Hall–Kier alpha value is -0.610. The molecular weight excluding hydrogens is 182 g/mol. The maximum Gasteiger partial charge on any atom is 0.143 e. The first-order valence-corrected chi connectivity index (χ1v) is 5.68. The van der Waals surface area contributed by atoms with E-state index in [9.17, 15) is 0 Å². The van der Waals surface area contributed by atoms with Crippen LogP contribution in [0.15, 0.2) is 11.1 Å². The molecule has 0 atom stereocenters. The van der Waals surface area contributed by atoms with E-state index in [-0.39, 0.29) is 0 Å². The lowest BCUT2D eigenvalue weighted by atomic mass is 10.3. The van der Waals surface area contributed by atoms with Crippen LogP contribution in [0.25, 0.3) is 0 Å². The maximum atomic E-state index is 5.53. The van der Waals surface area contributed by atoms with Crippen LogP contribution in [0.5, 0.6) is 0 Å². The molecule has 0 saturated heterocycles. The average molecular weight is 195 g/mol. The maximum absolute atomic E-state index is 5.53. The molecule has 0 radical (unpaired) electrons. The summed E-state index contributed by atoms with van der Waals surface area (Å²) in [7, 11) is 0. The molecule has 0 aliphatic heterocycles. The Morgan fingerprint density at radius 2 is 2.31 bits per heavy atom. The summed E-state index contributed by atoms with van der Waals surface area (Å²) in [4.78, 5) is 8.72. The van der Waals surface area contributed by atoms with Crippen molar-refractivity contribution in [3.05, 3.63) is 17.6 Å². The van der Waals surface area contributed by atoms with E-state index in [4.69, 9.17) is 5.73 Å². The smallest absolute Gasteiger partial charge is 0.143 e. The second kappa shape index (κ2) is 3.64. The van der Waals surface area contributed by atoms with E-state index < -0.39 is 0 Å². The molecule has 1 aromatic heterocycles. The minimum atomic E-state index is 0.439. The standard InChI is InChI=1S/C9H13N3S/c1-13-9-4-7(6-2-3-6)11-8(5-10)12-9/h4,6H,2-3,5,10H2,1H3. The summed E-state index contributed by atoms with van der Waals surface area (Å²) in [5.41, 5.74) is 6.71. The second-order valence-corrected chi connectivity index (χ2v) is 4.06. The van der Waals surface area contributed by atoms with Crippen LogP contribution in [0.4, 0.5) is 0 Å². The lowest BCUT2D eigenvalue weighted by Gasteiger charge is -2.03. The van der Waals surface area contributed by atoms with Gasteiger partial charge in [-0.1, -0.05) is 0 Å². The Balaban J connectivity index is 2.33. The fourth-order valence-electron chi connectivity index (χ4n) is 1.28. The topological polar surface area (TPSA) is 51.8 Å². The molecule has 0 aromatic carbocycles. The van der Waals surface area contributed by atoms with E-state index in [0.29, 0.717) is 12.5 Å². The van der Waals surface area contributed by atoms with E-state index >= 15 is 0 Å². The van der Waals surface area contributed by atoms with Crippen molar-refractivity contribution in [2.75, 3.05) is 6.26 Å². The van der Waals surface area contributed by atoms with Gasteiger partial charge in [-0.25, -0.2) is 9.97 Å². The molecule has 1 fully saturated rings. The highest BCUT2D eigenvalue weighted by Gasteiger charge is 2.25. The molecule has 0 unspecified atom stereocenters. The summed E-state index contributed by atoms with van der Waals surface area (Å²) < 4.78 is 0. The second-order valence-electron chi connectivity index (χ2n) is 3.23. The van der Waals surface area contributed by atoms with Gasteiger partial charge >= 0.3 is 0 Å². The minimum absolute atomic E-state index is 0.439. The molecule has 1 heterocycles. The van der Waals surface area contributed by atoms with Crippen molar-refractivity contribution in [3.8, 4) is 0 Å². The highest BCUT2D eigenvalue weighted by molar-refractivity contribution is 7.98. The zero-order valence-corrected chi connectivity index (χ0v) is 8.47. The number of thioether (sulfide) groups is 1. The van der Waals surface area contributed by atoms with E-state index in [1.807, 2.05) is 6.26 Å². The molecule has 70 valence electrons. The molecule has 2 rings (SSSR count). The van der Waals surface area contributed by atoms with Crippen molar-refractivity contribution in [3.63, 3.8) is 0 Å². The van der Waals surface area contributed by atoms with E-state index in [0.717, 1.165) is 10.9 Å². The third-order valence-electron chi connectivity index (χ3n) is 2.16. The van der Waals surface area contributed by atoms with Crippen LogP contribution in [-0.4, -0.2) is 16.2 Å². The van der Waals surface area contributed by atoms with E-state index in [2.05, 4.69) is 16.0 Å². The fourth-order valence-corrected chi connectivity index (χ4v) is 1.71. The van der Waals surface area contributed by atoms with Crippen molar-refractivity contribution in [1.29, 1.82) is 0 Å². The molecule has 4 heteroatoms. The van der Waals surface area contributed by atoms with Gasteiger partial charge in [0.2, 0.25) is 0 Å². The zero-order chi connectivity index (χ0) is 9.26. The van der Waals surface area contributed by atoms with Gasteiger partial charge in [-0.05, 0) is 25.2 Å². The molecule has 13 heavy (non-hydrogen) atoms. The Bertz CT molecular complexity index is 287. The lowest BCUT2D eigenvalue weighted by Crippen LogP contribution is -2.05. The summed E-state index contributed by atoms with van der Waals surface area (Å²) in [5.74, 6) is 1.45. The molecule has 3 nitrogen and oxygen atoms in total. The number of aromatic nitrogens is 2. The number of nitrogens with two attached hydrogens (primary N) is 1. The van der Waals surface area contributed by atoms with Crippen LogP contribution in [0.2, 0.25) is 0 Å². The predicted octanol–water partition coefficient (Wildman–Crippen LogP) is 1.53. The van der Waals surface area contributed by atoms with Gasteiger partial charge in [0.1, 0.15) is 5.82 Å². The lowest BCUT2D eigenvalue weighted by molar-refractivity contribution is 0.825.